The van der Waals surface area contributed by atoms with Crippen molar-refractivity contribution in [3.05, 3.63) is 17.5 Å². The lowest BCUT2D eigenvalue weighted by atomic mass is 10.3. The van der Waals surface area contributed by atoms with Gasteiger partial charge in [-0.25, -0.2) is 0 Å². The van der Waals surface area contributed by atoms with Crippen LogP contribution in [0, 0.1) is 20.0 Å². The molecule has 0 spiro atoms. The first-order chi connectivity index (χ1) is 3.72. The second kappa shape index (κ2) is 1.54. The van der Waals surface area contributed by atoms with Crippen LogP contribution in [-0.4, -0.2) is 4.98 Å². The van der Waals surface area contributed by atoms with Gasteiger partial charge >= 0.3 is 0 Å². The molecule has 3 N–H and O–H groups in total. The normalized spacial score (nSPS) is 9.75. The zero-order chi connectivity index (χ0) is 6.15. The second-order valence-corrected chi connectivity index (χ2v) is 1.91. The molecule has 8 heavy (non-hydrogen) atoms. The van der Waals surface area contributed by atoms with Crippen LogP contribution in [0.4, 0.5) is 5.69 Å². The Kier molecular flexibility index (Phi) is 1.01. The van der Waals surface area contributed by atoms with Gasteiger partial charge in [-0.3, -0.25) is 0 Å². The van der Waals surface area contributed by atoms with Crippen LogP contribution in [0.25, 0.3) is 0 Å². The van der Waals surface area contributed by atoms with E-state index in [-0.39, 0.29) is 0 Å². The number of anilines is 1. The largest absolute Gasteiger partial charge is 0.397 e. The first-order valence-electron chi connectivity index (χ1n) is 2.54. The average Bonchev–Trinajstić information content (AvgIpc) is 1.98. The Bertz CT molecular complexity index is 169. The van der Waals surface area contributed by atoms with E-state index in [0.29, 0.717) is 0 Å². The molecule has 1 heterocycles. The lowest BCUT2D eigenvalue weighted by Gasteiger charge is -1.87. The van der Waals surface area contributed by atoms with Gasteiger partial charge in [-0.15, -0.1) is 0 Å². The van der Waals surface area contributed by atoms with E-state index >= 15 is 0 Å². The first-order valence-corrected chi connectivity index (χ1v) is 2.54. The van der Waals surface area contributed by atoms with Crippen molar-refractivity contribution in [1.29, 1.82) is 0 Å². The molecule has 1 radical (unpaired) electrons. The molecular formula is C6H9N2. The van der Waals surface area contributed by atoms with Crippen LogP contribution >= 0.6 is 0 Å². The smallest absolute Gasteiger partial charge is 0.0676 e. The predicted octanol–water partition coefficient (Wildman–Crippen LogP) is 1.01. The van der Waals surface area contributed by atoms with Crippen molar-refractivity contribution in [3.63, 3.8) is 0 Å². The van der Waals surface area contributed by atoms with Crippen molar-refractivity contribution >= 4 is 5.69 Å². The molecule has 0 saturated heterocycles. The Hall–Kier alpha value is -0.920. The zero-order valence-corrected chi connectivity index (χ0v) is 5.08. The Morgan fingerprint density at radius 1 is 1.50 bits per heavy atom. The number of hydrogen-bond acceptors (Lipinski definition) is 1. The molecule has 43 valence electrons. The molecule has 0 bridgehead atoms. The summed E-state index contributed by atoms with van der Waals surface area (Å²) in [6.45, 7) is 3.86. The van der Waals surface area contributed by atoms with E-state index in [1.807, 2.05) is 13.8 Å². The molecule has 2 nitrogen and oxygen atoms in total. The highest BCUT2D eigenvalue weighted by atomic mass is 14.7. The molecule has 0 aromatic carbocycles. The topological polar surface area (TPSA) is 41.8 Å². The van der Waals surface area contributed by atoms with Gasteiger partial charge in [-0.2, -0.15) is 0 Å². The van der Waals surface area contributed by atoms with Gasteiger partial charge in [0.05, 0.1) is 11.9 Å². The third-order valence-corrected chi connectivity index (χ3v) is 1.25. The average molecular weight is 109 g/mol. The zero-order valence-electron chi connectivity index (χ0n) is 5.08. The van der Waals surface area contributed by atoms with Gasteiger partial charge in [-0.05, 0) is 19.4 Å². The van der Waals surface area contributed by atoms with E-state index in [0.717, 1.165) is 16.9 Å². The lowest BCUT2D eigenvalue weighted by Crippen LogP contribution is -1.85. The molecule has 1 aromatic heterocycles. The summed E-state index contributed by atoms with van der Waals surface area (Å²) in [4.78, 5) is 2.89. The van der Waals surface area contributed by atoms with Crippen LogP contribution in [0.1, 0.15) is 11.3 Å². The van der Waals surface area contributed by atoms with Crippen molar-refractivity contribution < 1.29 is 0 Å². The van der Waals surface area contributed by atoms with E-state index in [1.165, 1.54) is 0 Å². The summed E-state index contributed by atoms with van der Waals surface area (Å²) >= 11 is 0. The number of nitrogen functional groups attached to an aromatic ring is 1. The highest BCUT2D eigenvalue weighted by Gasteiger charge is 1.96. The summed E-state index contributed by atoms with van der Waals surface area (Å²) in [6.07, 6.45) is 2.89. The molecule has 0 fully saturated rings. The number of rotatable bonds is 0. The van der Waals surface area contributed by atoms with Crippen molar-refractivity contribution in [2.45, 2.75) is 13.8 Å². The molecule has 1 rings (SSSR count). The molecular weight excluding hydrogens is 100 g/mol. The van der Waals surface area contributed by atoms with Gasteiger partial charge in [0.25, 0.3) is 0 Å². The number of nitrogens with two attached hydrogens (primary N) is 1. The van der Waals surface area contributed by atoms with Crippen molar-refractivity contribution in [1.82, 2.24) is 4.98 Å². The Labute approximate surface area is 48.7 Å². The summed E-state index contributed by atoms with van der Waals surface area (Å²) in [5.41, 5.74) is 8.37. The van der Waals surface area contributed by atoms with Crippen LogP contribution in [0.5, 0.6) is 0 Å². The van der Waals surface area contributed by atoms with Crippen LogP contribution in [0.15, 0.2) is 0 Å². The number of aromatic amines is 1. The molecule has 0 saturated carbocycles. The summed E-state index contributed by atoms with van der Waals surface area (Å²) in [5.74, 6) is 0. The molecule has 0 aliphatic rings. The monoisotopic (exact) mass is 109 g/mol. The van der Waals surface area contributed by atoms with Gasteiger partial charge in [0.2, 0.25) is 0 Å². The lowest BCUT2D eigenvalue weighted by molar-refractivity contribution is 1.26. The van der Waals surface area contributed by atoms with Crippen LogP contribution < -0.4 is 5.73 Å². The molecule has 0 amide bonds. The van der Waals surface area contributed by atoms with E-state index in [9.17, 15) is 0 Å². The van der Waals surface area contributed by atoms with Gasteiger partial charge in [-0.1, -0.05) is 0 Å². The first kappa shape index (κ1) is 5.22. The highest BCUT2D eigenvalue weighted by molar-refractivity contribution is 5.49. The van der Waals surface area contributed by atoms with E-state index < -0.39 is 0 Å². The molecule has 2 heteroatoms. The highest BCUT2D eigenvalue weighted by Crippen LogP contribution is 2.11. The quantitative estimate of drug-likeness (QED) is 0.513. The summed E-state index contributed by atoms with van der Waals surface area (Å²) in [7, 11) is 0. The minimum absolute atomic E-state index is 0.824. The van der Waals surface area contributed by atoms with Crippen molar-refractivity contribution in [2.75, 3.05) is 5.73 Å². The summed E-state index contributed by atoms with van der Waals surface area (Å²) in [5, 5.41) is 0. The Balaban J connectivity index is 3.19. The summed E-state index contributed by atoms with van der Waals surface area (Å²) < 4.78 is 0. The van der Waals surface area contributed by atoms with E-state index in [2.05, 4.69) is 11.2 Å². The van der Waals surface area contributed by atoms with Crippen LogP contribution in [-0.2, 0) is 0 Å². The maximum Gasteiger partial charge on any atom is 0.0676 e. The Morgan fingerprint density at radius 3 is 2.25 bits per heavy atom. The minimum Gasteiger partial charge on any atom is -0.397 e. The van der Waals surface area contributed by atoms with Crippen molar-refractivity contribution in [2.24, 2.45) is 0 Å². The van der Waals surface area contributed by atoms with Crippen LogP contribution in [0.3, 0.4) is 0 Å². The molecule has 0 atom stereocenters. The predicted molar refractivity (Wildman–Crippen MR) is 33.5 cm³/mol. The number of nitrogens with one attached hydrogen (secondary N) is 1. The van der Waals surface area contributed by atoms with E-state index in [4.69, 9.17) is 5.73 Å². The second-order valence-electron chi connectivity index (χ2n) is 1.91. The Morgan fingerprint density at radius 2 is 2.12 bits per heavy atom. The number of hydrogen-bond donors (Lipinski definition) is 2. The third kappa shape index (κ3) is 0.579. The van der Waals surface area contributed by atoms with E-state index in [1.54, 1.807) is 0 Å². The van der Waals surface area contributed by atoms with Gasteiger partial charge in [0, 0.05) is 5.69 Å². The minimum atomic E-state index is 0.824. The maximum absolute atomic E-state index is 5.54. The number of aryl methyl sites for hydroxylation is 2. The number of H-pyrrole nitrogens is 1. The van der Waals surface area contributed by atoms with Crippen molar-refractivity contribution in [3.8, 4) is 0 Å². The fourth-order valence-electron chi connectivity index (χ4n) is 0.603. The molecule has 0 aliphatic carbocycles. The maximum atomic E-state index is 5.54. The fraction of sp³-hybridized carbons (Fsp3) is 0.333. The van der Waals surface area contributed by atoms with Gasteiger partial charge in [0.1, 0.15) is 0 Å². The molecule has 0 aliphatic heterocycles. The number of aromatic nitrogens is 1. The summed E-state index contributed by atoms with van der Waals surface area (Å²) in [6, 6.07) is 0. The SMILES string of the molecule is Cc1[c][nH]c(C)c1N. The fourth-order valence-corrected chi connectivity index (χ4v) is 0.603. The standard InChI is InChI=1S/C6H9N2/c1-4-3-8-5(2)6(4)7/h8H,7H2,1-2H3. The van der Waals surface area contributed by atoms with Gasteiger partial charge < -0.3 is 10.7 Å². The molecule has 0 unspecified atom stereocenters. The van der Waals surface area contributed by atoms with Gasteiger partial charge in [0.15, 0.2) is 0 Å². The third-order valence-electron chi connectivity index (χ3n) is 1.25. The molecule has 1 aromatic rings. The van der Waals surface area contributed by atoms with Crippen LogP contribution in [0.2, 0.25) is 0 Å².